The number of alkyl halides is 3. The molecular formula is C22H22ClF3N6O. The molecule has 4 rings (SSSR count). The molecule has 1 aromatic carbocycles. The summed E-state index contributed by atoms with van der Waals surface area (Å²) in [4.78, 5) is 18.3. The van der Waals surface area contributed by atoms with Crippen LogP contribution in [0.25, 0.3) is 0 Å². The molecule has 0 aliphatic carbocycles. The topological polar surface area (TPSA) is 75.9 Å². The summed E-state index contributed by atoms with van der Waals surface area (Å²) in [5, 5.41) is 11.9. The second-order valence-corrected chi connectivity index (χ2v) is 8.37. The number of rotatable bonds is 4. The van der Waals surface area contributed by atoms with Gasteiger partial charge in [-0.05, 0) is 56.5 Å². The van der Waals surface area contributed by atoms with Crippen molar-refractivity contribution in [2.45, 2.75) is 45.5 Å². The molecular weight excluding hydrogens is 457 g/mol. The van der Waals surface area contributed by atoms with Gasteiger partial charge in [-0.1, -0.05) is 23.7 Å². The van der Waals surface area contributed by atoms with E-state index in [0.717, 1.165) is 18.1 Å². The first kappa shape index (κ1) is 23.0. The molecule has 2 aromatic heterocycles. The molecule has 1 N–H and O–H groups in total. The first-order valence-corrected chi connectivity index (χ1v) is 10.8. The Kier molecular flexibility index (Phi) is 6.29. The molecule has 33 heavy (non-hydrogen) atoms. The number of pyridine rings is 1. The molecule has 0 saturated carbocycles. The summed E-state index contributed by atoms with van der Waals surface area (Å²) >= 11 is 6.11. The van der Waals surface area contributed by atoms with Gasteiger partial charge in [0.25, 0.3) is 0 Å². The van der Waals surface area contributed by atoms with Gasteiger partial charge in [0, 0.05) is 11.6 Å². The second-order valence-electron chi connectivity index (χ2n) is 7.93. The van der Waals surface area contributed by atoms with Crippen molar-refractivity contribution in [3.05, 3.63) is 70.0 Å². The zero-order valence-electron chi connectivity index (χ0n) is 18.0. The Hall–Kier alpha value is -3.14. The molecule has 3 aromatic rings. The molecule has 2 amide bonds. The first-order chi connectivity index (χ1) is 15.6. The number of carbonyl (C=O) groups excluding carboxylic acids is 1. The van der Waals surface area contributed by atoms with E-state index >= 15 is 0 Å². The number of amides is 2. The van der Waals surface area contributed by atoms with Crippen LogP contribution in [0, 0.1) is 13.8 Å². The molecule has 1 fully saturated rings. The van der Waals surface area contributed by atoms with E-state index in [2.05, 4.69) is 20.5 Å². The lowest BCUT2D eigenvalue weighted by molar-refractivity contribution is -0.141. The lowest BCUT2D eigenvalue weighted by Gasteiger charge is -2.25. The maximum absolute atomic E-state index is 13.0. The predicted molar refractivity (Wildman–Crippen MR) is 117 cm³/mol. The number of benzene rings is 1. The zero-order valence-corrected chi connectivity index (χ0v) is 18.8. The van der Waals surface area contributed by atoms with Gasteiger partial charge in [-0.25, -0.2) is 9.78 Å². The molecule has 0 bridgehead atoms. The van der Waals surface area contributed by atoms with Gasteiger partial charge in [-0.15, -0.1) is 10.2 Å². The van der Waals surface area contributed by atoms with Crippen LogP contribution in [0.3, 0.4) is 0 Å². The maximum Gasteiger partial charge on any atom is 0.433 e. The van der Waals surface area contributed by atoms with Gasteiger partial charge in [-0.3, -0.25) is 0 Å². The van der Waals surface area contributed by atoms with E-state index in [1.54, 1.807) is 11.0 Å². The van der Waals surface area contributed by atoms with E-state index in [0.29, 0.717) is 36.2 Å². The number of likely N-dealkylation sites (tertiary alicyclic amines) is 1. The van der Waals surface area contributed by atoms with Crippen molar-refractivity contribution in [2.75, 3.05) is 11.9 Å². The van der Waals surface area contributed by atoms with Crippen molar-refractivity contribution in [3.63, 3.8) is 0 Å². The number of anilines is 1. The van der Waals surface area contributed by atoms with Gasteiger partial charge in [0.05, 0.1) is 24.0 Å². The van der Waals surface area contributed by atoms with E-state index in [1.807, 2.05) is 29.7 Å². The average molecular weight is 479 g/mol. The summed E-state index contributed by atoms with van der Waals surface area (Å²) in [7, 11) is 0. The molecule has 0 spiro atoms. The minimum atomic E-state index is -4.54. The molecule has 0 radical (unpaired) electrons. The van der Waals surface area contributed by atoms with E-state index in [1.165, 1.54) is 13.0 Å². The van der Waals surface area contributed by atoms with Crippen LogP contribution in [0.1, 0.15) is 47.5 Å². The lowest BCUT2D eigenvalue weighted by Crippen LogP contribution is -2.36. The van der Waals surface area contributed by atoms with Crippen LogP contribution in [0.5, 0.6) is 0 Å². The quantitative estimate of drug-likeness (QED) is 0.546. The molecule has 1 saturated heterocycles. The Balaban J connectivity index is 1.55. The first-order valence-electron chi connectivity index (χ1n) is 10.4. The van der Waals surface area contributed by atoms with Crippen LogP contribution in [0.2, 0.25) is 5.02 Å². The Bertz CT molecular complexity index is 1180. The Labute approximate surface area is 193 Å². The van der Waals surface area contributed by atoms with E-state index in [9.17, 15) is 18.0 Å². The number of nitrogens with one attached hydrogen (secondary N) is 1. The highest BCUT2D eigenvalue weighted by molar-refractivity contribution is 6.30. The summed E-state index contributed by atoms with van der Waals surface area (Å²) in [6, 6.07) is 8.83. The van der Waals surface area contributed by atoms with Crippen molar-refractivity contribution in [1.29, 1.82) is 0 Å². The van der Waals surface area contributed by atoms with Gasteiger partial charge in [0.15, 0.2) is 5.82 Å². The highest BCUT2D eigenvalue weighted by Crippen LogP contribution is 2.33. The molecule has 11 heteroatoms. The van der Waals surface area contributed by atoms with Gasteiger partial charge in [0.1, 0.15) is 11.5 Å². The van der Waals surface area contributed by atoms with Crippen molar-refractivity contribution >= 4 is 23.3 Å². The third kappa shape index (κ3) is 4.95. The van der Waals surface area contributed by atoms with Crippen LogP contribution in [-0.2, 0) is 12.7 Å². The standard InChI is InChI=1S/C22H22ClF3N6O/c1-13-17(8-9-19(27-13)22(24,25)26)28-21(33)31-10-4-7-18(31)20-30-29-14(2)32(20)12-15-5-3-6-16(23)11-15/h3,5-6,8-9,11,18H,4,7,10,12H2,1-2H3,(H,28,33)/t18-/m1/s1. The smallest absolute Gasteiger partial charge is 0.314 e. The van der Waals surface area contributed by atoms with E-state index < -0.39 is 17.9 Å². The Morgan fingerprint density at radius 3 is 2.70 bits per heavy atom. The monoisotopic (exact) mass is 478 g/mol. The predicted octanol–water partition coefficient (Wildman–Crippen LogP) is 5.38. The summed E-state index contributed by atoms with van der Waals surface area (Å²) < 4.78 is 40.6. The number of aryl methyl sites for hydroxylation is 2. The average Bonchev–Trinajstić information content (AvgIpc) is 3.36. The van der Waals surface area contributed by atoms with Crippen molar-refractivity contribution < 1.29 is 18.0 Å². The van der Waals surface area contributed by atoms with Crippen molar-refractivity contribution in [3.8, 4) is 0 Å². The summed E-state index contributed by atoms with van der Waals surface area (Å²) in [6.07, 6.45) is -3.07. The molecule has 174 valence electrons. The maximum atomic E-state index is 13.0. The number of halogens is 4. The highest BCUT2D eigenvalue weighted by Gasteiger charge is 2.35. The fourth-order valence-electron chi connectivity index (χ4n) is 3.97. The number of hydrogen-bond donors (Lipinski definition) is 1. The number of carbonyl (C=O) groups is 1. The number of nitrogens with zero attached hydrogens (tertiary/aromatic N) is 5. The van der Waals surface area contributed by atoms with Crippen molar-refractivity contribution in [1.82, 2.24) is 24.6 Å². The van der Waals surface area contributed by atoms with Crippen LogP contribution < -0.4 is 5.32 Å². The number of urea groups is 1. The largest absolute Gasteiger partial charge is 0.433 e. The second kappa shape index (κ2) is 9.01. The molecule has 1 aliphatic heterocycles. The Morgan fingerprint density at radius 1 is 1.21 bits per heavy atom. The lowest BCUT2D eigenvalue weighted by atomic mass is 10.2. The SMILES string of the molecule is Cc1nc(C(F)(F)F)ccc1NC(=O)N1CCC[C@@H]1c1nnc(C)n1Cc1cccc(Cl)c1. The normalized spacial score (nSPS) is 16.3. The van der Waals surface area contributed by atoms with Crippen LogP contribution in [0.4, 0.5) is 23.7 Å². The fraction of sp³-hybridized carbons (Fsp3) is 0.364. The van der Waals surface area contributed by atoms with Gasteiger partial charge >= 0.3 is 12.2 Å². The third-order valence-corrected chi connectivity index (χ3v) is 5.86. The summed E-state index contributed by atoms with van der Waals surface area (Å²) in [6.45, 7) is 4.27. The van der Waals surface area contributed by atoms with E-state index in [-0.39, 0.29) is 17.4 Å². The zero-order chi connectivity index (χ0) is 23.8. The molecule has 3 heterocycles. The number of hydrogen-bond acceptors (Lipinski definition) is 4. The molecule has 0 unspecified atom stereocenters. The van der Waals surface area contributed by atoms with Crippen molar-refractivity contribution in [2.24, 2.45) is 0 Å². The van der Waals surface area contributed by atoms with Gasteiger partial charge < -0.3 is 14.8 Å². The number of aromatic nitrogens is 4. The fourth-order valence-corrected chi connectivity index (χ4v) is 4.19. The van der Waals surface area contributed by atoms with Gasteiger partial charge in [0.2, 0.25) is 0 Å². The minimum absolute atomic E-state index is 0.0916. The van der Waals surface area contributed by atoms with E-state index in [4.69, 9.17) is 11.6 Å². The Morgan fingerprint density at radius 2 is 2.00 bits per heavy atom. The molecule has 1 atom stereocenters. The summed E-state index contributed by atoms with van der Waals surface area (Å²) in [5.41, 5.74) is 0.304. The minimum Gasteiger partial charge on any atom is -0.314 e. The van der Waals surface area contributed by atoms with Crippen LogP contribution >= 0.6 is 11.6 Å². The van der Waals surface area contributed by atoms with Gasteiger partial charge in [-0.2, -0.15) is 13.2 Å². The van der Waals surface area contributed by atoms with Crippen LogP contribution in [0.15, 0.2) is 36.4 Å². The highest BCUT2D eigenvalue weighted by atomic mass is 35.5. The summed E-state index contributed by atoms with van der Waals surface area (Å²) in [5.74, 6) is 1.36. The molecule has 7 nitrogen and oxygen atoms in total. The van der Waals surface area contributed by atoms with Crippen LogP contribution in [-0.4, -0.2) is 37.2 Å². The molecule has 1 aliphatic rings. The third-order valence-electron chi connectivity index (χ3n) is 5.62.